The Morgan fingerprint density at radius 3 is 2.12 bits per heavy atom. The van der Waals surface area contributed by atoms with Crippen LogP contribution in [0.2, 0.25) is 0 Å². The van der Waals surface area contributed by atoms with Crippen LogP contribution in [-0.2, 0) is 0 Å². The van der Waals surface area contributed by atoms with Crippen LogP contribution in [0.4, 0.5) is 8.78 Å². The standard InChI is InChI=1S/C21H31BF2O2/c1-2-6-14-9-11-16(12-10-14)19-18(23)13-17(22(25)26)21(24)20(19)15-7-4-3-5-8-15/h13-16,25-26H,2-12H2,1H3. The molecule has 1 aromatic carbocycles. The van der Waals surface area contributed by atoms with Crippen molar-refractivity contribution in [3.63, 3.8) is 0 Å². The van der Waals surface area contributed by atoms with Gasteiger partial charge < -0.3 is 10.0 Å². The molecule has 0 unspecified atom stereocenters. The largest absolute Gasteiger partial charge is 0.491 e. The summed E-state index contributed by atoms with van der Waals surface area (Å²) in [6, 6.07) is 1.01. The van der Waals surface area contributed by atoms with Gasteiger partial charge in [-0.05, 0) is 73.5 Å². The highest BCUT2D eigenvalue weighted by atomic mass is 19.1. The van der Waals surface area contributed by atoms with Crippen molar-refractivity contribution >= 4 is 12.6 Å². The topological polar surface area (TPSA) is 40.5 Å². The summed E-state index contributed by atoms with van der Waals surface area (Å²) in [5.74, 6) is -0.270. The Hall–Kier alpha value is -0.935. The van der Waals surface area contributed by atoms with Crippen molar-refractivity contribution in [3.8, 4) is 0 Å². The predicted octanol–water partition coefficient (Wildman–Crippen LogP) is 4.77. The molecule has 0 radical (unpaired) electrons. The van der Waals surface area contributed by atoms with E-state index in [2.05, 4.69) is 6.92 Å². The SMILES string of the molecule is CCCC1CCC(c2c(F)cc(B(O)O)c(F)c2C2CCCCC2)CC1. The Kier molecular flexibility index (Phi) is 6.73. The molecule has 0 spiro atoms. The molecule has 2 N–H and O–H groups in total. The summed E-state index contributed by atoms with van der Waals surface area (Å²) in [6.07, 6.45) is 11.3. The van der Waals surface area contributed by atoms with Crippen LogP contribution in [0.15, 0.2) is 6.07 Å². The lowest BCUT2D eigenvalue weighted by atomic mass is 9.69. The number of rotatable bonds is 5. The van der Waals surface area contributed by atoms with E-state index in [1.54, 1.807) is 0 Å². The third-order valence-corrected chi connectivity index (χ3v) is 6.56. The lowest BCUT2D eigenvalue weighted by molar-refractivity contribution is 0.301. The fourth-order valence-electron chi connectivity index (χ4n) is 5.22. The summed E-state index contributed by atoms with van der Waals surface area (Å²) in [6.45, 7) is 2.20. The van der Waals surface area contributed by atoms with Gasteiger partial charge in [-0.2, -0.15) is 0 Å². The molecule has 0 heterocycles. The summed E-state index contributed by atoms with van der Waals surface area (Å²) >= 11 is 0. The third-order valence-electron chi connectivity index (χ3n) is 6.56. The van der Waals surface area contributed by atoms with E-state index in [0.717, 1.165) is 63.9 Å². The Bertz CT molecular complexity index is 607. The average molecular weight is 364 g/mol. The molecule has 5 heteroatoms. The van der Waals surface area contributed by atoms with Gasteiger partial charge in [-0.3, -0.25) is 0 Å². The molecular weight excluding hydrogens is 333 g/mol. The van der Waals surface area contributed by atoms with Gasteiger partial charge in [0.1, 0.15) is 11.6 Å². The maximum absolute atomic E-state index is 15.2. The zero-order valence-electron chi connectivity index (χ0n) is 15.8. The van der Waals surface area contributed by atoms with E-state index in [4.69, 9.17) is 0 Å². The monoisotopic (exact) mass is 364 g/mol. The summed E-state index contributed by atoms with van der Waals surface area (Å²) in [7, 11) is -1.97. The van der Waals surface area contributed by atoms with Crippen molar-refractivity contribution in [3.05, 3.63) is 28.8 Å². The Morgan fingerprint density at radius 1 is 0.923 bits per heavy atom. The normalized spacial score (nSPS) is 24.7. The number of hydrogen-bond donors (Lipinski definition) is 2. The maximum atomic E-state index is 15.2. The first kappa shape index (κ1) is 19.8. The van der Waals surface area contributed by atoms with E-state index in [1.807, 2.05) is 0 Å². The summed E-state index contributed by atoms with van der Waals surface area (Å²) < 4.78 is 30.3. The number of halogens is 2. The van der Waals surface area contributed by atoms with Crippen LogP contribution in [0, 0.1) is 17.6 Å². The van der Waals surface area contributed by atoms with Crippen LogP contribution in [-0.4, -0.2) is 17.2 Å². The van der Waals surface area contributed by atoms with Crippen LogP contribution < -0.4 is 5.46 Å². The summed E-state index contributed by atoms with van der Waals surface area (Å²) in [5, 5.41) is 19.0. The van der Waals surface area contributed by atoms with E-state index in [1.165, 1.54) is 12.8 Å². The average Bonchev–Trinajstić information content (AvgIpc) is 2.64. The van der Waals surface area contributed by atoms with Crippen molar-refractivity contribution in [2.45, 2.75) is 89.4 Å². The molecule has 0 amide bonds. The molecule has 2 saturated carbocycles. The van der Waals surface area contributed by atoms with Crippen molar-refractivity contribution < 1.29 is 18.8 Å². The molecule has 2 fully saturated rings. The Labute approximate surface area is 156 Å². The molecule has 0 atom stereocenters. The first-order valence-electron chi connectivity index (χ1n) is 10.4. The maximum Gasteiger partial charge on any atom is 0.491 e. The minimum absolute atomic E-state index is 0.000292. The second-order valence-corrected chi connectivity index (χ2v) is 8.30. The van der Waals surface area contributed by atoms with Crippen molar-refractivity contribution in [1.29, 1.82) is 0 Å². The highest BCUT2D eigenvalue weighted by Crippen LogP contribution is 2.44. The minimum atomic E-state index is -1.97. The van der Waals surface area contributed by atoms with E-state index in [-0.39, 0.29) is 17.3 Å². The minimum Gasteiger partial charge on any atom is -0.423 e. The predicted molar refractivity (Wildman–Crippen MR) is 102 cm³/mol. The van der Waals surface area contributed by atoms with E-state index < -0.39 is 18.8 Å². The molecule has 2 aliphatic carbocycles. The van der Waals surface area contributed by atoms with Crippen LogP contribution in [0.25, 0.3) is 0 Å². The van der Waals surface area contributed by atoms with Crippen LogP contribution in [0.3, 0.4) is 0 Å². The molecule has 0 aromatic heterocycles. The summed E-state index contributed by atoms with van der Waals surface area (Å²) in [4.78, 5) is 0. The molecule has 26 heavy (non-hydrogen) atoms. The summed E-state index contributed by atoms with van der Waals surface area (Å²) in [5.41, 5.74) is 0.673. The Morgan fingerprint density at radius 2 is 1.54 bits per heavy atom. The van der Waals surface area contributed by atoms with Gasteiger partial charge in [0.2, 0.25) is 0 Å². The second kappa shape index (κ2) is 8.84. The van der Waals surface area contributed by atoms with Gasteiger partial charge in [-0.1, -0.05) is 39.0 Å². The molecule has 0 aliphatic heterocycles. The van der Waals surface area contributed by atoms with Gasteiger partial charge in [0, 0.05) is 5.46 Å². The number of benzene rings is 1. The molecule has 2 nitrogen and oxygen atoms in total. The van der Waals surface area contributed by atoms with Gasteiger partial charge in [0.25, 0.3) is 0 Å². The molecule has 0 bridgehead atoms. The zero-order valence-corrected chi connectivity index (χ0v) is 15.8. The molecular formula is C21H31BF2O2. The Balaban J connectivity index is 1.96. The van der Waals surface area contributed by atoms with Crippen molar-refractivity contribution in [1.82, 2.24) is 0 Å². The van der Waals surface area contributed by atoms with Gasteiger partial charge in [0.15, 0.2) is 0 Å². The molecule has 144 valence electrons. The van der Waals surface area contributed by atoms with Crippen LogP contribution >= 0.6 is 0 Å². The molecule has 1 aromatic rings. The second-order valence-electron chi connectivity index (χ2n) is 8.30. The van der Waals surface area contributed by atoms with Crippen molar-refractivity contribution in [2.24, 2.45) is 5.92 Å². The molecule has 0 saturated heterocycles. The number of hydrogen-bond acceptors (Lipinski definition) is 2. The highest BCUT2D eigenvalue weighted by molar-refractivity contribution is 6.58. The first-order chi connectivity index (χ1) is 12.5. The van der Waals surface area contributed by atoms with E-state index in [0.29, 0.717) is 17.0 Å². The molecule has 2 aliphatic rings. The zero-order chi connectivity index (χ0) is 18.7. The van der Waals surface area contributed by atoms with Gasteiger partial charge >= 0.3 is 7.12 Å². The first-order valence-corrected chi connectivity index (χ1v) is 10.4. The van der Waals surface area contributed by atoms with Crippen molar-refractivity contribution in [2.75, 3.05) is 0 Å². The van der Waals surface area contributed by atoms with Crippen LogP contribution in [0.1, 0.15) is 101 Å². The van der Waals surface area contributed by atoms with Gasteiger partial charge in [-0.15, -0.1) is 0 Å². The lowest BCUT2D eigenvalue weighted by Gasteiger charge is -2.33. The van der Waals surface area contributed by atoms with Crippen LogP contribution in [0.5, 0.6) is 0 Å². The lowest BCUT2D eigenvalue weighted by Crippen LogP contribution is -2.36. The fraction of sp³-hybridized carbons (Fsp3) is 0.714. The van der Waals surface area contributed by atoms with Gasteiger partial charge in [-0.25, -0.2) is 8.78 Å². The third kappa shape index (κ3) is 4.14. The fourth-order valence-corrected chi connectivity index (χ4v) is 5.22. The van der Waals surface area contributed by atoms with Gasteiger partial charge in [0.05, 0.1) is 0 Å². The molecule has 3 rings (SSSR count). The smallest absolute Gasteiger partial charge is 0.423 e. The highest BCUT2D eigenvalue weighted by Gasteiger charge is 2.34. The van der Waals surface area contributed by atoms with E-state index >= 15 is 8.78 Å². The van der Waals surface area contributed by atoms with E-state index in [9.17, 15) is 10.0 Å². The quantitative estimate of drug-likeness (QED) is 0.739.